The van der Waals surface area contributed by atoms with Gasteiger partial charge in [0.2, 0.25) is 0 Å². The highest BCUT2D eigenvalue weighted by atomic mass is 79.9. The Bertz CT molecular complexity index is 3440. The van der Waals surface area contributed by atoms with E-state index in [0.717, 1.165) is 36.4 Å². The summed E-state index contributed by atoms with van der Waals surface area (Å²) in [5.74, 6) is 1.06. The fourth-order valence-corrected chi connectivity index (χ4v) is 9.27. The lowest BCUT2D eigenvalue weighted by Crippen LogP contribution is -2.15. The molecule has 0 aliphatic heterocycles. The molecule has 14 nitrogen and oxygen atoms in total. The van der Waals surface area contributed by atoms with Crippen LogP contribution in [-0.2, 0) is 26.2 Å². The molecule has 0 aliphatic carbocycles. The number of nitrogens with one attached hydrogen (secondary N) is 2. The van der Waals surface area contributed by atoms with Crippen LogP contribution in [0, 0.1) is 11.6 Å². The van der Waals surface area contributed by atoms with Crippen molar-refractivity contribution >= 4 is 69.2 Å². The van der Waals surface area contributed by atoms with Crippen LogP contribution in [-0.4, -0.2) is 55.2 Å². The van der Waals surface area contributed by atoms with E-state index >= 15 is 0 Å². The summed E-state index contributed by atoms with van der Waals surface area (Å²) in [6.07, 6.45) is -1.69. The molecular weight excluding hydrogens is 1020 g/mol. The molecule has 0 aliphatic rings. The summed E-state index contributed by atoms with van der Waals surface area (Å²) in [6.45, 7) is 0. The molecule has 0 atom stereocenters. The quantitative estimate of drug-likeness (QED) is 0.0988. The maximum absolute atomic E-state index is 14.8. The second-order valence-electron chi connectivity index (χ2n) is 14.2. The SMILES string of the molecule is COc1cc2nccc(Oc3ccc(NS(=O)(=O)c4cccc(Br)c4)c(F)c3)c2cc1OC.COc1cc2nccc(Oc3ccc(NS(=O)(=O)c4cccc(C(F)(F)F)c4)c(F)c3)c2cc1OC. The molecular formula is C47H36BrF5N4O10S2. The highest BCUT2D eigenvalue weighted by molar-refractivity contribution is 9.10. The molecule has 6 aromatic carbocycles. The molecule has 22 heteroatoms. The van der Waals surface area contributed by atoms with Crippen LogP contribution >= 0.6 is 15.9 Å². The largest absolute Gasteiger partial charge is 0.493 e. The molecule has 0 amide bonds. The molecule has 2 N–H and O–H groups in total. The minimum Gasteiger partial charge on any atom is -0.493 e. The number of aromatic nitrogens is 2. The van der Waals surface area contributed by atoms with Crippen LogP contribution in [0.15, 0.2) is 148 Å². The van der Waals surface area contributed by atoms with Crippen molar-refractivity contribution < 1.29 is 67.2 Å². The number of anilines is 2. The Labute approximate surface area is 399 Å². The van der Waals surface area contributed by atoms with Crippen LogP contribution in [0.2, 0.25) is 0 Å². The zero-order valence-electron chi connectivity index (χ0n) is 36.3. The summed E-state index contributed by atoms with van der Waals surface area (Å²) in [5, 5.41) is 1.18. The predicted octanol–water partition coefficient (Wildman–Crippen LogP) is 11.7. The van der Waals surface area contributed by atoms with Crippen molar-refractivity contribution in [1.82, 2.24) is 9.97 Å². The van der Waals surface area contributed by atoms with Gasteiger partial charge < -0.3 is 28.4 Å². The highest BCUT2D eigenvalue weighted by Gasteiger charge is 2.32. The number of halogens is 6. The van der Waals surface area contributed by atoms with Gasteiger partial charge in [0.1, 0.15) is 23.0 Å². The second kappa shape index (κ2) is 20.4. The summed E-state index contributed by atoms with van der Waals surface area (Å²) in [7, 11) is -2.47. The van der Waals surface area contributed by atoms with Gasteiger partial charge in [-0.25, -0.2) is 25.6 Å². The summed E-state index contributed by atoms with van der Waals surface area (Å²) >= 11 is 3.23. The van der Waals surface area contributed by atoms with Gasteiger partial charge in [-0.15, -0.1) is 0 Å². The van der Waals surface area contributed by atoms with Crippen LogP contribution in [0.25, 0.3) is 21.8 Å². The van der Waals surface area contributed by atoms with Crippen molar-refractivity contribution in [2.75, 3.05) is 37.9 Å². The lowest BCUT2D eigenvalue weighted by atomic mass is 10.2. The van der Waals surface area contributed by atoms with Crippen molar-refractivity contribution in [3.05, 3.63) is 155 Å². The number of hydrogen-bond acceptors (Lipinski definition) is 12. The van der Waals surface area contributed by atoms with E-state index in [2.05, 4.69) is 30.6 Å². The lowest BCUT2D eigenvalue weighted by Gasteiger charge is -2.14. The van der Waals surface area contributed by atoms with E-state index in [-0.39, 0.29) is 22.1 Å². The maximum atomic E-state index is 14.8. The molecule has 2 aromatic heterocycles. The van der Waals surface area contributed by atoms with E-state index in [0.29, 0.717) is 66.8 Å². The molecule has 8 aromatic rings. The summed E-state index contributed by atoms with van der Waals surface area (Å²) in [6, 6.07) is 26.4. The third-order valence-corrected chi connectivity index (χ3v) is 13.0. The number of hydrogen-bond donors (Lipinski definition) is 2. The number of nitrogens with zero attached hydrogens (tertiary/aromatic N) is 2. The zero-order chi connectivity index (χ0) is 49.7. The molecule has 0 unspecified atom stereocenters. The van der Waals surface area contributed by atoms with Gasteiger partial charge in [0, 0.05) is 51.9 Å². The maximum Gasteiger partial charge on any atom is 0.416 e. The number of rotatable bonds is 14. The van der Waals surface area contributed by atoms with Crippen molar-refractivity contribution in [3.8, 4) is 46.0 Å². The van der Waals surface area contributed by atoms with Crippen LogP contribution in [0.1, 0.15) is 5.56 Å². The van der Waals surface area contributed by atoms with E-state index in [1.807, 2.05) is 4.72 Å². The fraction of sp³-hybridized carbons (Fsp3) is 0.106. The third kappa shape index (κ3) is 11.5. The number of methoxy groups -OCH3 is 4. The first-order valence-electron chi connectivity index (χ1n) is 19.8. The first-order valence-corrected chi connectivity index (χ1v) is 23.5. The average molecular weight is 1060 g/mol. The number of fused-ring (bicyclic) bond motifs is 2. The molecule has 0 bridgehead atoms. The highest BCUT2D eigenvalue weighted by Crippen LogP contribution is 2.40. The summed E-state index contributed by atoms with van der Waals surface area (Å²) in [5.41, 5.74) is -0.687. The molecule has 0 spiro atoms. The van der Waals surface area contributed by atoms with Crippen molar-refractivity contribution in [3.63, 3.8) is 0 Å². The van der Waals surface area contributed by atoms with Gasteiger partial charge in [-0.05, 0) is 84.9 Å². The van der Waals surface area contributed by atoms with Gasteiger partial charge in [0.25, 0.3) is 20.0 Å². The predicted molar refractivity (Wildman–Crippen MR) is 250 cm³/mol. The molecule has 69 heavy (non-hydrogen) atoms. The molecule has 358 valence electrons. The van der Waals surface area contributed by atoms with Gasteiger partial charge in [0.05, 0.1) is 66.2 Å². The van der Waals surface area contributed by atoms with Crippen LogP contribution < -0.4 is 37.9 Å². The van der Waals surface area contributed by atoms with Gasteiger partial charge in [-0.2, -0.15) is 13.2 Å². The third-order valence-electron chi connectivity index (χ3n) is 9.82. The van der Waals surface area contributed by atoms with E-state index in [9.17, 15) is 38.8 Å². The van der Waals surface area contributed by atoms with E-state index in [4.69, 9.17) is 28.4 Å². The Hall–Kier alpha value is -7.43. The van der Waals surface area contributed by atoms with Crippen molar-refractivity contribution in [2.45, 2.75) is 16.0 Å². The van der Waals surface area contributed by atoms with Crippen molar-refractivity contribution in [1.29, 1.82) is 0 Å². The first kappa shape index (κ1) is 49.5. The Kier molecular flexibility index (Phi) is 14.6. The summed E-state index contributed by atoms with van der Waals surface area (Å²) in [4.78, 5) is 7.90. The van der Waals surface area contributed by atoms with Crippen molar-refractivity contribution in [2.24, 2.45) is 0 Å². The zero-order valence-corrected chi connectivity index (χ0v) is 39.5. The minimum absolute atomic E-state index is 0.00392. The fourth-order valence-electron chi connectivity index (χ4n) is 6.49. The Morgan fingerprint density at radius 1 is 0.507 bits per heavy atom. The van der Waals surface area contributed by atoms with Crippen LogP contribution in [0.5, 0.6) is 46.0 Å². The molecule has 2 heterocycles. The van der Waals surface area contributed by atoms with Gasteiger partial charge in [-0.3, -0.25) is 19.4 Å². The number of alkyl halides is 3. The normalized spacial score (nSPS) is 11.6. The van der Waals surface area contributed by atoms with E-state index < -0.39 is 54.0 Å². The monoisotopic (exact) mass is 1050 g/mol. The Morgan fingerprint density at radius 2 is 0.928 bits per heavy atom. The van der Waals surface area contributed by atoms with E-state index in [1.54, 1.807) is 54.7 Å². The second-order valence-corrected chi connectivity index (χ2v) is 18.5. The molecule has 0 fully saturated rings. The van der Waals surface area contributed by atoms with Gasteiger partial charge in [-0.1, -0.05) is 28.1 Å². The Morgan fingerprint density at radius 3 is 1.33 bits per heavy atom. The first-order chi connectivity index (χ1) is 32.8. The summed E-state index contributed by atoms with van der Waals surface area (Å²) < 4.78 is 156. The van der Waals surface area contributed by atoms with Gasteiger partial charge in [0.15, 0.2) is 34.6 Å². The number of sulfonamides is 2. The van der Waals surface area contributed by atoms with Gasteiger partial charge >= 0.3 is 6.18 Å². The standard InChI is InChI=1S/C24H18F4N2O5S.C23H18BrFN2O5S/c1-33-22-12-17-20(13-23(22)34-2)29-9-8-21(17)35-15-6-7-19(18(25)11-15)30-36(31,32)16-5-3-4-14(10-16)24(26,27)28;1-30-22-12-17-20(13-23(22)31-2)26-9-8-21(17)32-15-6-7-19(18(25)11-15)27-33(28,29)16-5-3-4-14(24)10-16/h3-13,30H,1-2H3;3-13,27H,1-2H3. The van der Waals surface area contributed by atoms with E-state index in [1.165, 1.54) is 65.0 Å². The van der Waals surface area contributed by atoms with Crippen LogP contribution in [0.4, 0.5) is 33.3 Å². The number of benzene rings is 6. The smallest absolute Gasteiger partial charge is 0.416 e. The minimum atomic E-state index is -4.73. The topological polar surface area (TPSA) is 174 Å². The van der Waals surface area contributed by atoms with Crippen LogP contribution in [0.3, 0.4) is 0 Å². The molecule has 0 radical (unpaired) electrons. The number of pyridine rings is 2. The molecule has 0 saturated carbocycles. The molecule has 8 rings (SSSR count). The lowest BCUT2D eigenvalue weighted by molar-refractivity contribution is -0.137. The Balaban J connectivity index is 0.000000205. The average Bonchev–Trinajstić information content (AvgIpc) is 3.32. The molecule has 0 saturated heterocycles. The number of ether oxygens (including phenoxy) is 6.